The summed E-state index contributed by atoms with van der Waals surface area (Å²) in [5.74, 6) is -2.69. The molecule has 100 valence electrons. The molecule has 0 bridgehead atoms. The summed E-state index contributed by atoms with van der Waals surface area (Å²) in [5.41, 5.74) is -2.14. The zero-order valence-electron chi connectivity index (χ0n) is 10.5. The molecule has 0 fully saturated rings. The van der Waals surface area contributed by atoms with Gasteiger partial charge in [-0.1, -0.05) is 39.5 Å². The van der Waals surface area contributed by atoms with Crippen LogP contribution >= 0.6 is 0 Å². The summed E-state index contributed by atoms with van der Waals surface area (Å²) in [6, 6.07) is 0. The third-order valence-corrected chi connectivity index (χ3v) is 3.01. The Hall–Kier alpha value is -1.10. The molecule has 0 heterocycles. The van der Waals surface area contributed by atoms with Gasteiger partial charge < -0.3 is 15.3 Å². The molecular formula is C12H22O5. The van der Waals surface area contributed by atoms with Crippen LogP contribution in [0.15, 0.2) is 0 Å². The Balaban J connectivity index is 4.60. The summed E-state index contributed by atoms with van der Waals surface area (Å²) in [7, 11) is 0. The lowest BCUT2D eigenvalue weighted by Crippen LogP contribution is -2.42. The van der Waals surface area contributed by atoms with E-state index in [1.165, 1.54) is 0 Å². The van der Waals surface area contributed by atoms with Gasteiger partial charge in [0.2, 0.25) is 0 Å². The average molecular weight is 246 g/mol. The smallest absolute Gasteiger partial charge is 0.336 e. The van der Waals surface area contributed by atoms with E-state index in [1.54, 1.807) is 0 Å². The van der Waals surface area contributed by atoms with Crippen molar-refractivity contribution in [3.63, 3.8) is 0 Å². The molecule has 0 radical (unpaired) electrons. The normalized spacial score (nSPS) is 16.2. The molecule has 5 nitrogen and oxygen atoms in total. The summed E-state index contributed by atoms with van der Waals surface area (Å²) >= 11 is 0. The van der Waals surface area contributed by atoms with Gasteiger partial charge in [0.05, 0.1) is 6.42 Å². The summed E-state index contributed by atoms with van der Waals surface area (Å²) in [5, 5.41) is 27.5. The van der Waals surface area contributed by atoms with Crippen molar-refractivity contribution in [3.05, 3.63) is 0 Å². The molecule has 17 heavy (non-hydrogen) atoms. The number of carbonyl (C=O) groups is 2. The van der Waals surface area contributed by atoms with Crippen LogP contribution in [0.25, 0.3) is 0 Å². The Morgan fingerprint density at radius 1 is 1.24 bits per heavy atom. The second-order valence-electron chi connectivity index (χ2n) is 4.53. The van der Waals surface area contributed by atoms with Gasteiger partial charge in [-0.25, -0.2) is 4.79 Å². The van der Waals surface area contributed by atoms with E-state index < -0.39 is 24.0 Å². The third kappa shape index (κ3) is 5.68. The number of carboxylic acid groups (broad SMARTS) is 2. The van der Waals surface area contributed by atoms with Crippen LogP contribution in [0.3, 0.4) is 0 Å². The highest BCUT2D eigenvalue weighted by atomic mass is 16.4. The fourth-order valence-electron chi connectivity index (χ4n) is 1.91. The summed E-state index contributed by atoms with van der Waals surface area (Å²) in [6.45, 7) is 3.96. The largest absolute Gasteiger partial charge is 0.481 e. The SMILES string of the molecule is CCCCC(CC)CC(O)(CC(=O)O)C(=O)O. The third-order valence-electron chi connectivity index (χ3n) is 3.01. The molecule has 0 aliphatic rings. The Morgan fingerprint density at radius 2 is 1.82 bits per heavy atom. The second-order valence-corrected chi connectivity index (χ2v) is 4.53. The van der Waals surface area contributed by atoms with Crippen molar-refractivity contribution in [2.24, 2.45) is 5.92 Å². The van der Waals surface area contributed by atoms with Gasteiger partial charge in [-0.2, -0.15) is 0 Å². The van der Waals surface area contributed by atoms with Gasteiger partial charge in [0.15, 0.2) is 5.60 Å². The molecule has 5 heteroatoms. The maximum Gasteiger partial charge on any atom is 0.336 e. The molecule has 0 aromatic rings. The minimum Gasteiger partial charge on any atom is -0.481 e. The number of aliphatic carboxylic acids is 2. The molecule has 0 aliphatic heterocycles. The highest BCUT2D eigenvalue weighted by Crippen LogP contribution is 2.27. The maximum atomic E-state index is 11.0. The summed E-state index contributed by atoms with van der Waals surface area (Å²) < 4.78 is 0. The molecule has 0 saturated heterocycles. The van der Waals surface area contributed by atoms with Crippen LogP contribution < -0.4 is 0 Å². The number of aliphatic hydroxyl groups is 1. The summed E-state index contributed by atoms with van der Waals surface area (Å²) in [6.07, 6.45) is 2.79. The van der Waals surface area contributed by atoms with Gasteiger partial charge in [0.1, 0.15) is 0 Å². The van der Waals surface area contributed by atoms with E-state index in [2.05, 4.69) is 0 Å². The first kappa shape index (κ1) is 15.9. The molecule has 0 rings (SSSR count). The van der Waals surface area contributed by atoms with Crippen molar-refractivity contribution in [2.75, 3.05) is 0 Å². The minimum atomic E-state index is -2.14. The first-order valence-electron chi connectivity index (χ1n) is 6.03. The molecule has 0 saturated carbocycles. The van der Waals surface area contributed by atoms with Crippen molar-refractivity contribution < 1.29 is 24.9 Å². The highest BCUT2D eigenvalue weighted by molar-refractivity contribution is 5.83. The van der Waals surface area contributed by atoms with Crippen molar-refractivity contribution in [2.45, 2.75) is 58.0 Å². The van der Waals surface area contributed by atoms with E-state index in [1.807, 2.05) is 13.8 Å². The Bertz CT molecular complexity index is 264. The van der Waals surface area contributed by atoms with E-state index in [0.29, 0.717) is 0 Å². The Labute approximate surface area is 101 Å². The molecule has 0 spiro atoms. The average Bonchev–Trinajstić information content (AvgIpc) is 2.22. The summed E-state index contributed by atoms with van der Waals surface area (Å²) in [4.78, 5) is 21.5. The van der Waals surface area contributed by atoms with Gasteiger partial charge in [0.25, 0.3) is 0 Å². The van der Waals surface area contributed by atoms with Gasteiger partial charge >= 0.3 is 11.9 Å². The van der Waals surface area contributed by atoms with Crippen LogP contribution in [0.5, 0.6) is 0 Å². The fraction of sp³-hybridized carbons (Fsp3) is 0.833. The fourth-order valence-corrected chi connectivity index (χ4v) is 1.91. The molecule has 2 atom stereocenters. The first-order valence-corrected chi connectivity index (χ1v) is 6.03. The number of rotatable bonds is 9. The molecular weight excluding hydrogens is 224 g/mol. The van der Waals surface area contributed by atoms with Crippen LogP contribution in [0.2, 0.25) is 0 Å². The highest BCUT2D eigenvalue weighted by Gasteiger charge is 2.40. The van der Waals surface area contributed by atoms with Crippen LogP contribution in [0.1, 0.15) is 52.4 Å². The zero-order chi connectivity index (χ0) is 13.5. The van der Waals surface area contributed by atoms with Gasteiger partial charge in [-0.15, -0.1) is 0 Å². The lowest BCUT2D eigenvalue weighted by Gasteiger charge is -2.26. The molecule has 0 amide bonds. The molecule has 0 aliphatic carbocycles. The van der Waals surface area contributed by atoms with E-state index >= 15 is 0 Å². The predicted octanol–water partition coefficient (Wildman–Crippen LogP) is 1.88. The molecule has 0 aromatic heterocycles. The lowest BCUT2D eigenvalue weighted by molar-refractivity contribution is -0.167. The van der Waals surface area contributed by atoms with Crippen molar-refractivity contribution in [3.8, 4) is 0 Å². The topological polar surface area (TPSA) is 94.8 Å². The van der Waals surface area contributed by atoms with E-state index in [-0.39, 0.29) is 12.3 Å². The second kappa shape index (κ2) is 7.27. The van der Waals surface area contributed by atoms with Gasteiger partial charge in [-0.05, 0) is 12.3 Å². The zero-order valence-corrected chi connectivity index (χ0v) is 10.5. The van der Waals surface area contributed by atoms with E-state index in [4.69, 9.17) is 10.2 Å². The van der Waals surface area contributed by atoms with Crippen molar-refractivity contribution in [1.82, 2.24) is 0 Å². The van der Waals surface area contributed by atoms with Gasteiger partial charge in [0, 0.05) is 0 Å². The number of carboxylic acids is 2. The number of hydrogen-bond acceptors (Lipinski definition) is 3. The van der Waals surface area contributed by atoms with Crippen molar-refractivity contribution >= 4 is 11.9 Å². The monoisotopic (exact) mass is 246 g/mol. The molecule has 3 N–H and O–H groups in total. The Morgan fingerprint density at radius 3 is 2.18 bits per heavy atom. The minimum absolute atomic E-state index is 0.00509. The van der Waals surface area contributed by atoms with Crippen molar-refractivity contribution in [1.29, 1.82) is 0 Å². The van der Waals surface area contributed by atoms with Crippen LogP contribution in [0.4, 0.5) is 0 Å². The van der Waals surface area contributed by atoms with Crippen LogP contribution in [-0.2, 0) is 9.59 Å². The first-order chi connectivity index (χ1) is 7.85. The molecule has 0 aromatic carbocycles. The lowest BCUT2D eigenvalue weighted by atomic mass is 9.84. The molecule has 2 unspecified atom stereocenters. The quantitative estimate of drug-likeness (QED) is 0.577. The number of hydrogen-bond donors (Lipinski definition) is 3. The number of unbranched alkanes of at least 4 members (excludes halogenated alkanes) is 1. The van der Waals surface area contributed by atoms with Gasteiger partial charge in [-0.3, -0.25) is 4.79 Å². The standard InChI is InChI=1S/C12H22O5/c1-3-5-6-9(4-2)7-12(17,11(15)16)8-10(13)14/h9,17H,3-8H2,1-2H3,(H,13,14)(H,15,16). The van der Waals surface area contributed by atoms with E-state index in [9.17, 15) is 14.7 Å². The Kier molecular flexibility index (Phi) is 6.80. The van der Waals surface area contributed by atoms with Crippen LogP contribution in [0, 0.1) is 5.92 Å². The predicted molar refractivity (Wildman–Crippen MR) is 62.8 cm³/mol. The van der Waals surface area contributed by atoms with E-state index in [0.717, 1.165) is 25.7 Å². The maximum absolute atomic E-state index is 11.0. The van der Waals surface area contributed by atoms with Crippen LogP contribution in [-0.4, -0.2) is 32.9 Å².